The molecule has 0 aliphatic carbocycles. The van der Waals surface area contributed by atoms with Crippen LogP contribution in [0.15, 0.2) is 11.0 Å². The van der Waals surface area contributed by atoms with Crippen molar-refractivity contribution in [2.45, 2.75) is 96.0 Å². The molecule has 7 atom stereocenters. The summed E-state index contributed by atoms with van der Waals surface area (Å²) in [6.07, 6.45) is -4.25. The Balaban J connectivity index is 2.29. The molecule has 0 spiro atoms. The number of nitrogen functional groups attached to an aromatic ring is 1. The summed E-state index contributed by atoms with van der Waals surface area (Å²) in [4.78, 5) is 37.5. The number of anilines is 1. The SMILES string of the molecule is CCC(C)(O)P(=O)(O)O[C@](C)(CC)C[C@H]1O[C@@H](n2cc(COC(C)=O)c(N)nc2=O)[C@H](O)[C@@H]1O. The van der Waals surface area contributed by atoms with Crippen LogP contribution in [0.4, 0.5) is 5.82 Å². The molecule has 1 fully saturated rings. The molecular weight excluding hydrogens is 473 g/mol. The van der Waals surface area contributed by atoms with Gasteiger partial charge in [0.1, 0.15) is 24.6 Å². The molecule has 0 saturated carbocycles. The van der Waals surface area contributed by atoms with Gasteiger partial charge in [-0.05, 0) is 26.7 Å². The van der Waals surface area contributed by atoms with Crippen molar-refractivity contribution in [1.29, 1.82) is 0 Å². The van der Waals surface area contributed by atoms with Crippen LogP contribution in [0.3, 0.4) is 0 Å². The van der Waals surface area contributed by atoms with Crippen LogP contribution in [0.1, 0.15) is 65.7 Å². The molecule has 0 aromatic carbocycles. The number of carbonyl (C=O) groups excluding carboxylic acids is 1. The summed E-state index contributed by atoms with van der Waals surface area (Å²) < 4.78 is 29.7. The highest BCUT2D eigenvalue weighted by atomic mass is 31.2. The Morgan fingerprint density at radius 2 is 1.91 bits per heavy atom. The van der Waals surface area contributed by atoms with Gasteiger partial charge >= 0.3 is 19.3 Å². The van der Waals surface area contributed by atoms with Gasteiger partial charge in [-0.3, -0.25) is 13.9 Å². The minimum atomic E-state index is -4.50. The van der Waals surface area contributed by atoms with Crippen LogP contribution in [0, 0.1) is 0 Å². The lowest BCUT2D eigenvalue weighted by molar-refractivity contribution is -0.142. The Hall–Kier alpha value is -1.86. The Bertz CT molecular complexity index is 999. The smallest absolute Gasteiger partial charge is 0.359 e. The van der Waals surface area contributed by atoms with Crippen LogP contribution in [-0.4, -0.2) is 65.0 Å². The molecule has 14 heteroatoms. The number of hydrogen-bond acceptors (Lipinski definition) is 11. The molecule has 2 heterocycles. The van der Waals surface area contributed by atoms with E-state index in [1.165, 1.54) is 33.9 Å². The number of aromatic nitrogens is 2. The number of aliphatic hydroxyl groups is 3. The molecule has 194 valence electrons. The second-order valence-electron chi connectivity index (χ2n) is 8.86. The van der Waals surface area contributed by atoms with Crippen molar-refractivity contribution in [1.82, 2.24) is 9.55 Å². The van der Waals surface area contributed by atoms with Gasteiger partial charge in [0.15, 0.2) is 11.6 Å². The molecule has 13 nitrogen and oxygen atoms in total. The predicted molar refractivity (Wildman–Crippen MR) is 119 cm³/mol. The van der Waals surface area contributed by atoms with Crippen molar-refractivity contribution >= 4 is 19.4 Å². The van der Waals surface area contributed by atoms with Gasteiger partial charge in [-0.1, -0.05) is 13.8 Å². The average molecular weight is 507 g/mol. The van der Waals surface area contributed by atoms with E-state index in [9.17, 15) is 34.4 Å². The molecular formula is C20H34N3O10P. The molecule has 0 amide bonds. The van der Waals surface area contributed by atoms with E-state index in [4.69, 9.17) is 19.7 Å². The van der Waals surface area contributed by atoms with Crippen LogP contribution in [-0.2, 0) is 30.0 Å². The molecule has 1 saturated heterocycles. The van der Waals surface area contributed by atoms with Crippen LogP contribution in [0.25, 0.3) is 0 Å². The minimum absolute atomic E-state index is 0.0351. The van der Waals surface area contributed by atoms with Crippen molar-refractivity contribution in [3.05, 3.63) is 22.2 Å². The summed E-state index contributed by atoms with van der Waals surface area (Å²) in [5, 5.41) is 29.5. The highest BCUT2D eigenvalue weighted by Gasteiger charge is 2.50. The summed E-state index contributed by atoms with van der Waals surface area (Å²) in [6, 6.07) is 0. The molecule has 0 radical (unpaired) electrons. The maximum absolute atomic E-state index is 12.7. The Labute approximate surface area is 197 Å². The van der Waals surface area contributed by atoms with Gasteiger partial charge in [-0.2, -0.15) is 4.98 Å². The normalized spacial score (nSPS) is 28.0. The Morgan fingerprint density at radius 1 is 1.29 bits per heavy atom. The fourth-order valence-corrected chi connectivity index (χ4v) is 4.79. The largest absolute Gasteiger partial charge is 0.461 e. The topological polar surface area (TPSA) is 204 Å². The number of nitrogens with zero attached hydrogens (tertiary/aromatic N) is 2. The zero-order valence-electron chi connectivity index (χ0n) is 19.9. The minimum Gasteiger partial charge on any atom is -0.461 e. The standard InChI is InChI=1S/C20H34N3O10P/c1-6-19(4,33-34(29,30)20(5,28)7-2)8-13-14(25)15(26)17(32-13)23-9-12(10-31-11(3)24)16(21)22-18(23)27/h9,13-15,17,25-26,28H,6-8,10H2,1-5H3,(H,29,30)(H2,21,22,27)/t13-,14-,15-,17-,19-,20?/m1/s1. The second-order valence-corrected chi connectivity index (χ2v) is 11.0. The first-order valence-corrected chi connectivity index (χ1v) is 12.4. The lowest BCUT2D eigenvalue weighted by Crippen LogP contribution is -2.40. The fraction of sp³-hybridized carbons (Fsp3) is 0.750. The van der Waals surface area contributed by atoms with E-state index in [2.05, 4.69) is 4.98 Å². The number of nitrogens with two attached hydrogens (primary N) is 1. The van der Waals surface area contributed by atoms with E-state index < -0.39 is 54.7 Å². The second kappa shape index (κ2) is 10.4. The van der Waals surface area contributed by atoms with Crippen molar-refractivity contribution < 1.29 is 43.6 Å². The summed E-state index contributed by atoms with van der Waals surface area (Å²) in [6.45, 7) is 6.86. The molecule has 2 rings (SSSR count). The van der Waals surface area contributed by atoms with Gasteiger partial charge in [-0.15, -0.1) is 0 Å². The number of hydrogen-bond donors (Lipinski definition) is 5. The first kappa shape index (κ1) is 28.4. The van der Waals surface area contributed by atoms with Crippen LogP contribution >= 0.6 is 7.60 Å². The Kier molecular flexibility index (Phi) is 8.68. The predicted octanol–water partition coefficient (Wildman–Crippen LogP) is 0.387. The highest BCUT2D eigenvalue weighted by molar-refractivity contribution is 7.54. The van der Waals surface area contributed by atoms with E-state index in [0.29, 0.717) is 0 Å². The first-order chi connectivity index (χ1) is 15.6. The lowest BCUT2D eigenvalue weighted by atomic mass is 9.93. The summed E-state index contributed by atoms with van der Waals surface area (Å²) in [7, 11) is -4.50. The number of aliphatic hydroxyl groups excluding tert-OH is 2. The first-order valence-electron chi connectivity index (χ1n) is 10.9. The van der Waals surface area contributed by atoms with E-state index in [1.807, 2.05) is 0 Å². The zero-order chi connectivity index (χ0) is 26.1. The van der Waals surface area contributed by atoms with E-state index in [1.54, 1.807) is 6.92 Å². The molecule has 1 aromatic rings. The van der Waals surface area contributed by atoms with E-state index >= 15 is 0 Å². The summed E-state index contributed by atoms with van der Waals surface area (Å²) in [5.41, 5.74) is 3.71. The molecule has 1 aliphatic heterocycles. The van der Waals surface area contributed by atoms with Crippen LogP contribution < -0.4 is 11.4 Å². The third kappa shape index (κ3) is 6.03. The maximum atomic E-state index is 12.7. The van der Waals surface area contributed by atoms with Gasteiger partial charge in [0.05, 0.1) is 11.7 Å². The monoisotopic (exact) mass is 507 g/mol. The van der Waals surface area contributed by atoms with Gasteiger partial charge < -0.3 is 39.9 Å². The van der Waals surface area contributed by atoms with Crippen LogP contribution in [0.2, 0.25) is 0 Å². The summed E-state index contributed by atoms with van der Waals surface area (Å²) in [5.74, 6) is -0.743. The molecule has 1 aromatic heterocycles. The van der Waals surface area contributed by atoms with Crippen molar-refractivity contribution in [2.75, 3.05) is 5.73 Å². The van der Waals surface area contributed by atoms with Gasteiger partial charge in [0.25, 0.3) is 0 Å². The number of rotatable bonds is 10. The molecule has 34 heavy (non-hydrogen) atoms. The summed E-state index contributed by atoms with van der Waals surface area (Å²) >= 11 is 0. The molecule has 1 aliphatic rings. The Morgan fingerprint density at radius 3 is 2.44 bits per heavy atom. The van der Waals surface area contributed by atoms with Crippen molar-refractivity contribution in [2.24, 2.45) is 0 Å². The zero-order valence-corrected chi connectivity index (χ0v) is 20.8. The molecule has 2 unspecified atom stereocenters. The number of carbonyl (C=O) groups is 1. The van der Waals surface area contributed by atoms with Crippen LogP contribution in [0.5, 0.6) is 0 Å². The maximum Gasteiger partial charge on any atom is 0.359 e. The molecule has 0 bridgehead atoms. The third-order valence-corrected chi connectivity index (χ3v) is 8.33. The third-order valence-electron chi connectivity index (χ3n) is 6.11. The van der Waals surface area contributed by atoms with E-state index in [0.717, 1.165) is 4.57 Å². The van der Waals surface area contributed by atoms with Gasteiger partial charge in [-0.25, -0.2) is 4.79 Å². The van der Waals surface area contributed by atoms with Gasteiger partial charge in [0.2, 0.25) is 0 Å². The molecule has 6 N–H and O–H groups in total. The fourth-order valence-electron chi connectivity index (χ4n) is 3.39. The number of esters is 1. The van der Waals surface area contributed by atoms with E-state index in [-0.39, 0.29) is 37.3 Å². The highest BCUT2D eigenvalue weighted by Crippen LogP contribution is 2.59. The number of ether oxygens (including phenoxy) is 2. The lowest BCUT2D eigenvalue weighted by Gasteiger charge is -2.37. The van der Waals surface area contributed by atoms with Gasteiger partial charge in [0, 0.05) is 25.1 Å². The average Bonchev–Trinajstić information content (AvgIpc) is 3.00. The van der Waals surface area contributed by atoms with Crippen molar-refractivity contribution in [3.8, 4) is 0 Å². The van der Waals surface area contributed by atoms with Crippen molar-refractivity contribution in [3.63, 3.8) is 0 Å². The quantitative estimate of drug-likeness (QED) is 0.215.